The van der Waals surface area contributed by atoms with Crippen molar-refractivity contribution >= 4 is 5.91 Å². The van der Waals surface area contributed by atoms with Gasteiger partial charge in [-0.1, -0.05) is 0 Å². The van der Waals surface area contributed by atoms with Gasteiger partial charge >= 0.3 is 0 Å². The van der Waals surface area contributed by atoms with Crippen molar-refractivity contribution in [2.75, 3.05) is 33.3 Å². The molecule has 2 aliphatic rings. The van der Waals surface area contributed by atoms with E-state index in [0.717, 1.165) is 51.9 Å². The van der Waals surface area contributed by atoms with Crippen LogP contribution < -0.4 is 11.1 Å². The van der Waals surface area contributed by atoms with Gasteiger partial charge in [0.1, 0.15) is 6.04 Å². The molecule has 0 aliphatic carbocycles. The molecule has 0 aromatic heterocycles. The average Bonchev–Trinajstić information content (AvgIpc) is 2.94. The number of piperidine rings is 1. The lowest BCUT2D eigenvalue weighted by Gasteiger charge is -2.34. The molecule has 0 aromatic rings. The maximum absolute atomic E-state index is 12.3. The largest absolute Gasteiger partial charge is 0.379 e. The molecule has 0 bridgehead atoms. The highest BCUT2D eigenvalue weighted by Crippen LogP contribution is 2.22. The number of carbonyl (C=O) groups is 1. The lowest BCUT2D eigenvalue weighted by atomic mass is 9.87. The minimum Gasteiger partial charge on any atom is -0.379 e. The fraction of sp³-hybridized carbons (Fsp3) is 0.923. The summed E-state index contributed by atoms with van der Waals surface area (Å²) in [5.74, 6) is 0.468. The topological polar surface area (TPSA) is 67.6 Å². The number of methoxy groups -OCH3 is 1. The first-order valence-electron chi connectivity index (χ1n) is 7.02. The first-order valence-corrected chi connectivity index (χ1v) is 7.02. The third kappa shape index (κ3) is 3.02. The van der Waals surface area contributed by atoms with Crippen molar-refractivity contribution in [1.29, 1.82) is 0 Å². The SMILES string of the molecule is CO[C@@H](C1CCNCC1)[C@@H](N)C(=O)N1CCCC1. The molecule has 1 amide bonds. The molecule has 2 rings (SSSR count). The van der Waals surface area contributed by atoms with Crippen molar-refractivity contribution in [2.45, 2.75) is 37.8 Å². The van der Waals surface area contributed by atoms with Crippen LogP contribution in [0.15, 0.2) is 0 Å². The van der Waals surface area contributed by atoms with Crippen molar-refractivity contribution in [2.24, 2.45) is 11.7 Å². The Hall–Kier alpha value is -0.650. The van der Waals surface area contributed by atoms with Crippen LogP contribution in [-0.2, 0) is 9.53 Å². The molecule has 2 saturated heterocycles. The number of likely N-dealkylation sites (tertiary alicyclic amines) is 1. The Morgan fingerprint density at radius 2 is 1.94 bits per heavy atom. The quantitative estimate of drug-likeness (QED) is 0.739. The van der Waals surface area contributed by atoms with Crippen LogP contribution in [0.3, 0.4) is 0 Å². The van der Waals surface area contributed by atoms with Crippen molar-refractivity contribution in [1.82, 2.24) is 10.2 Å². The summed E-state index contributed by atoms with van der Waals surface area (Å²) in [5, 5.41) is 3.33. The Morgan fingerprint density at radius 3 is 2.50 bits per heavy atom. The van der Waals surface area contributed by atoms with Crippen LogP contribution in [0.5, 0.6) is 0 Å². The molecule has 0 spiro atoms. The van der Waals surface area contributed by atoms with Crippen LogP contribution in [0, 0.1) is 5.92 Å². The van der Waals surface area contributed by atoms with Crippen molar-refractivity contribution in [3.63, 3.8) is 0 Å². The number of hydrogen-bond acceptors (Lipinski definition) is 4. The third-order valence-electron chi connectivity index (χ3n) is 4.18. The summed E-state index contributed by atoms with van der Waals surface area (Å²) >= 11 is 0. The summed E-state index contributed by atoms with van der Waals surface area (Å²) in [4.78, 5) is 14.2. The second-order valence-electron chi connectivity index (χ2n) is 5.35. The molecule has 5 heteroatoms. The van der Waals surface area contributed by atoms with Gasteiger partial charge in [-0.05, 0) is 44.7 Å². The van der Waals surface area contributed by atoms with Crippen molar-refractivity contribution in [3.05, 3.63) is 0 Å². The van der Waals surface area contributed by atoms with Crippen LogP contribution in [-0.4, -0.2) is 56.2 Å². The minimum atomic E-state index is -0.504. The van der Waals surface area contributed by atoms with Gasteiger partial charge in [-0.25, -0.2) is 0 Å². The highest BCUT2D eigenvalue weighted by molar-refractivity contribution is 5.82. The summed E-state index contributed by atoms with van der Waals surface area (Å²) < 4.78 is 5.53. The van der Waals surface area contributed by atoms with E-state index in [-0.39, 0.29) is 12.0 Å². The van der Waals surface area contributed by atoms with Crippen LogP contribution in [0.2, 0.25) is 0 Å². The first-order chi connectivity index (χ1) is 8.74. The number of nitrogens with zero attached hydrogens (tertiary/aromatic N) is 1. The predicted molar refractivity (Wildman–Crippen MR) is 70.2 cm³/mol. The maximum atomic E-state index is 12.3. The monoisotopic (exact) mass is 255 g/mol. The lowest BCUT2D eigenvalue weighted by molar-refractivity contribution is -0.136. The molecule has 3 N–H and O–H groups in total. The molecule has 2 heterocycles. The van der Waals surface area contributed by atoms with E-state index < -0.39 is 6.04 Å². The van der Waals surface area contributed by atoms with Gasteiger partial charge < -0.3 is 20.7 Å². The smallest absolute Gasteiger partial charge is 0.242 e. The van der Waals surface area contributed by atoms with Gasteiger partial charge in [-0.3, -0.25) is 4.79 Å². The third-order valence-corrected chi connectivity index (χ3v) is 4.18. The molecule has 2 aliphatic heterocycles. The van der Waals surface area contributed by atoms with E-state index >= 15 is 0 Å². The summed E-state index contributed by atoms with van der Waals surface area (Å²) in [7, 11) is 1.67. The highest BCUT2D eigenvalue weighted by Gasteiger charge is 2.35. The number of ether oxygens (including phenoxy) is 1. The number of hydrogen-bond donors (Lipinski definition) is 2. The van der Waals surface area contributed by atoms with Crippen molar-refractivity contribution < 1.29 is 9.53 Å². The van der Waals surface area contributed by atoms with E-state index in [0.29, 0.717) is 5.92 Å². The summed E-state index contributed by atoms with van der Waals surface area (Å²) in [6.45, 7) is 3.70. The van der Waals surface area contributed by atoms with Crippen molar-refractivity contribution in [3.8, 4) is 0 Å². The molecule has 0 unspecified atom stereocenters. The number of carbonyl (C=O) groups excluding carboxylic acids is 1. The van der Waals surface area contributed by atoms with Gasteiger partial charge in [-0.2, -0.15) is 0 Å². The zero-order valence-electron chi connectivity index (χ0n) is 11.2. The zero-order valence-corrected chi connectivity index (χ0v) is 11.2. The van der Waals surface area contributed by atoms with E-state index in [9.17, 15) is 4.79 Å². The molecule has 2 atom stereocenters. The van der Waals surface area contributed by atoms with E-state index in [1.54, 1.807) is 7.11 Å². The van der Waals surface area contributed by atoms with E-state index in [1.165, 1.54) is 0 Å². The molecular formula is C13H25N3O2. The number of amides is 1. The Balaban J connectivity index is 1.94. The van der Waals surface area contributed by atoms with Gasteiger partial charge in [0.15, 0.2) is 0 Å². The maximum Gasteiger partial charge on any atom is 0.242 e. The zero-order chi connectivity index (χ0) is 13.0. The Labute approximate surface area is 109 Å². The van der Waals surface area contributed by atoms with E-state index in [2.05, 4.69) is 5.32 Å². The van der Waals surface area contributed by atoms with Crippen LogP contribution in [0.25, 0.3) is 0 Å². The Kier molecular flexibility index (Phi) is 4.97. The number of rotatable bonds is 4. The molecule has 18 heavy (non-hydrogen) atoms. The molecule has 104 valence electrons. The second-order valence-corrected chi connectivity index (χ2v) is 5.35. The van der Waals surface area contributed by atoms with Gasteiger partial charge in [-0.15, -0.1) is 0 Å². The van der Waals surface area contributed by atoms with Gasteiger partial charge in [0.05, 0.1) is 6.10 Å². The molecule has 0 radical (unpaired) electrons. The second kappa shape index (κ2) is 6.50. The molecular weight excluding hydrogens is 230 g/mol. The van der Waals surface area contributed by atoms with Gasteiger partial charge in [0.2, 0.25) is 5.91 Å². The molecule has 5 nitrogen and oxygen atoms in total. The van der Waals surface area contributed by atoms with Gasteiger partial charge in [0, 0.05) is 20.2 Å². The van der Waals surface area contributed by atoms with Gasteiger partial charge in [0.25, 0.3) is 0 Å². The Bertz CT molecular complexity index is 273. The predicted octanol–water partition coefficient (Wildman–Crippen LogP) is -0.0493. The van der Waals surface area contributed by atoms with Crippen LogP contribution >= 0.6 is 0 Å². The normalized spacial score (nSPS) is 25.1. The molecule has 0 saturated carbocycles. The fourth-order valence-corrected chi connectivity index (χ4v) is 3.09. The first kappa shape index (κ1) is 13.8. The standard InChI is InChI=1S/C13H25N3O2/c1-18-12(10-4-6-15-7-5-10)11(14)13(17)16-8-2-3-9-16/h10-12,15H,2-9,14H2,1H3/t11-,12+/m1/s1. The minimum absolute atomic E-state index is 0.0675. The number of nitrogens with two attached hydrogens (primary N) is 1. The summed E-state index contributed by atoms with van der Waals surface area (Å²) in [6, 6.07) is -0.504. The highest BCUT2D eigenvalue weighted by atomic mass is 16.5. The van der Waals surface area contributed by atoms with Crippen LogP contribution in [0.1, 0.15) is 25.7 Å². The van der Waals surface area contributed by atoms with E-state index in [1.807, 2.05) is 4.90 Å². The summed E-state index contributed by atoms with van der Waals surface area (Å²) in [5.41, 5.74) is 6.15. The lowest BCUT2D eigenvalue weighted by Crippen LogP contribution is -2.53. The molecule has 2 fully saturated rings. The Morgan fingerprint density at radius 1 is 1.33 bits per heavy atom. The average molecular weight is 255 g/mol. The molecule has 0 aromatic carbocycles. The van der Waals surface area contributed by atoms with E-state index in [4.69, 9.17) is 10.5 Å². The van der Waals surface area contributed by atoms with Crippen LogP contribution in [0.4, 0.5) is 0 Å². The fourth-order valence-electron chi connectivity index (χ4n) is 3.09. The summed E-state index contributed by atoms with van der Waals surface area (Å²) in [6.07, 6.45) is 4.14. The number of nitrogens with one attached hydrogen (secondary N) is 1.